The molecule has 0 bridgehead atoms. The van der Waals surface area contributed by atoms with Crippen LogP contribution in [0.3, 0.4) is 0 Å². The number of piperidine rings is 1. The molecule has 2 saturated heterocycles. The van der Waals surface area contributed by atoms with Crippen molar-refractivity contribution in [1.29, 1.82) is 0 Å². The molecule has 1 aromatic rings. The zero-order valence-corrected chi connectivity index (χ0v) is 23.0. The molecule has 11 heteroatoms. The molecule has 4 aliphatic carbocycles. The smallest absolute Gasteiger partial charge is 0.273 e. The summed E-state index contributed by atoms with van der Waals surface area (Å²) in [6.45, 7) is 6.86. The van der Waals surface area contributed by atoms with Crippen LogP contribution in [0.1, 0.15) is 73.5 Å². The minimum Gasteiger partial charge on any atom is -0.379 e. The van der Waals surface area contributed by atoms with E-state index < -0.39 is 14.8 Å². The van der Waals surface area contributed by atoms with Gasteiger partial charge in [0.2, 0.25) is 10.0 Å². The monoisotopic (exact) mass is 547 g/mol. The third kappa shape index (κ3) is 4.42. The highest BCUT2D eigenvalue weighted by Crippen LogP contribution is 2.69. The predicted octanol–water partition coefficient (Wildman–Crippen LogP) is 1.56. The molecule has 6 aliphatic rings. The highest BCUT2D eigenvalue weighted by Gasteiger charge is 2.73. The number of carbonyl (C=O) groups excluding carboxylic acids is 1. The zero-order chi connectivity index (χ0) is 25.9. The number of rotatable bonds is 9. The van der Waals surface area contributed by atoms with Crippen molar-refractivity contribution in [2.45, 2.75) is 74.1 Å². The Balaban J connectivity index is 0.885. The van der Waals surface area contributed by atoms with Crippen LogP contribution in [-0.4, -0.2) is 98.0 Å². The Morgan fingerprint density at radius 2 is 1.74 bits per heavy atom. The highest BCUT2D eigenvalue weighted by molar-refractivity contribution is 7.90. The molecule has 10 nitrogen and oxygen atoms in total. The minimum atomic E-state index is -3.30. The third-order valence-electron chi connectivity index (χ3n) is 10.4. The van der Waals surface area contributed by atoms with Crippen LogP contribution in [0.4, 0.5) is 0 Å². The average Bonchev–Trinajstić information content (AvgIpc) is 3.62. The van der Waals surface area contributed by atoms with Crippen molar-refractivity contribution in [3.05, 3.63) is 17.5 Å². The van der Waals surface area contributed by atoms with E-state index in [1.807, 2.05) is 0 Å². The SMILES string of the molecule is O=C(NC1CC2CC3(S(=O)(=O)N4CCC(NCCN5CCOCC5)CC4)CC(C1)C23)c1cc(C2CC2)on1. The van der Waals surface area contributed by atoms with E-state index in [0.717, 1.165) is 96.5 Å². The fourth-order valence-electron chi connectivity index (χ4n) is 8.23. The molecule has 1 aromatic heterocycles. The first kappa shape index (κ1) is 25.4. The van der Waals surface area contributed by atoms with Gasteiger partial charge >= 0.3 is 0 Å². The Labute approximate surface area is 225 Å². The number of hydrogen-bond donors (Lipinski definition) is 2. The molecule has 1 amide bonds. The number of ether oxygens (including phenoxy) is 1. The quantitative estimate of drug-likeness (QED) is 0.479. The summed E-state index contributed by atoms with van der Waals surface area (Å²) in [4.78, 5) is 15.2. The molecule has 2 unspecified atom stereocenters. The van der Waals surface area contributed by atoms with Crippen molar-refractivity contribution in [3.8, 4) is 0 Å². The van der Waals surface area contributed by atoms with Crippen molar-refractivity contribution >= 4 is 15.9 Å². The van der Waals surface area contributed by atoms with E-state index in [1.165, 1.54) is 0 Å². The van der Waals surface area contributed by atoms with E-state index in [1.54, 1.807) is 10.4 Å². The molecule has 6 fully saturated rings. The molecule has 0 radical (unpaired) electrons. The van der Waals surface area contributed by atoms with E-state index in [2.05, 4.69) is 20.7 Å². The second kappa shape index (κ2) is 9.83. The van der Waals surface area contributed by atoms with Crippen molar-refractivity contribution < 1.29 is 22.5 Å². The van der Waals surface area contributed by atoms with Crippen LogP contribution >= 0.6 is 0 Å². The van der Waals surface area contributed by atoms with E-state index in [9.17, 15) is 13.2 Å². The minimum absolute atomic E-state index is 0.0927. The van der Waals surface area contributed by atoms with E-state index in [-0.39, 0.29) is 17.9 Å². The Kier molecular flexibility index (Phi) is 6.58. The fourth-order valence-corrected chi connectivity index (χ4v) is 11.0. The standard InChI is InChI=1S/C27H41N5O5S/c33-26(23-15-24(37-30-23)18-1-2-18)29-22-13-19-16-27(17-20(14-22)25(19)27)38(34,35)32-6-3-21(4-7-32)28-5-8-31-9-11-36-12-10-31/h15,18-22,25,28H,1-14,16-17H2,(H,29,33). The van der Waals surface area contributed by atoms with Gasteiger partial charge in [0.1, 0.15) is 5.76 Å². The number of nitrogens with zero attached hydrogens (tertiary/aromatic N) is 3. The molecule has 38 heavy (non-hydrogen) atoms. The van der Waals surface area contributed by atoms with Gasteiger partial charge in [-0.05, 0) is 69.1 Å². The van der Waals surface area contributed by atoms with Crippen molar-refractivity contribution in [1.82, 2.24) is 25.0 Å². The summed E-state index contributed by atoms with van der Waals surface area (Å²) in [6.07, 6.45) is 7.21. The molecular weight excluding hydrogens is 506 g/mol. The van der Waals surface area contributed by atoms with Gasteiger partial charge in [-0.25, -0.2) is 12.7 Å². The first-order chi connectivity index (χ1) is 18.4. The van der Waals surface area contributed by atoms with Gasteiger partial charge in [-0.3, -0.25) is 9.69 Å². The Morgan fingerprint density at radius 1 is 1.03 bits per heavy atom. The molecule has 2 N–H and O–H groups in total. The molecular formula is C27H41N5O5S. The zero-order valence-electron chi connectivity index (χ0n) is 22.1. The Bertz CT molecular complexity index is 1120. The summed E-state index contributed by atoms with van der Waals surface area (Å²) in [5.41, 5.74) is 0.368. The Hall–Kier alpha value is -1.53. The summed E-state index contributed by atoms with van der Waals surface area (Å²) in [5, 5.41) is 10.8. The molecule has 210 valence electrons. The van der Waals surface area contributed by atoms with Crippen LogP contribution in [0.15, 0.2) is 10.6 Å². The summed E-state index contributed by atoms with van der Waals surface area (Å²) in [5.74, 6) is 2.13. The summed E-state index contributed by atoms with van der Waals surface area (Å²) in [7, 11) is -3.30. The lowest BCUT2D eigenvalue weighted by molar-refractivity contribution is -0.108. The van der Waals surface area contributed by atoms with Crippen LogP contribution < -0.4 is 10.6 Å². The van der Waals surface area contributed by atoms with Crippen LogP contribution in [0.2, 0.25) is 0 Å². The third-order valence-corrected chi connectivity index (χ3v) is 13.0. The highest BCUT2D eigenvalue weighted by atomic mass is 32.2. The summed E-state index contributed by atoms with van der Waals surface area (Å²) in [6, 6.07) is 2.27. The molecule has 2 aliphatic heterocycles. The van der Waals surface area contributed by atoms with E-state index >= 15 is 0 Å². The first-order valence-corrected chi connectivity index (χ1v) is 16.2. The number of nitrogens with one attached hydrogen (secondary N) is 2. The molecule has 2 atom stereocenters. The molecule has 4 saturated carbocycles. The molecule has 0 aromatic carbocycles. The summed E-state index contributed by atoms with van der Waals surface area (Å²) >= 11 is 0. The van der Waals surface area contributed by atoms with Gasteiger partial charge in [0, 0.05) is 63.3 Å². The fraction of sp³-hybridized carbons (Fsp3) is 0.852. The van der Waals surface area contributed by atoms with Crippen LogP contribution in [0, 0.1) is 17.8 Å². The predicted molar refractivity (Wildman–Crippen MR) is 140 cm³/mol. The lowest BCUT2D eigenvalue weighted by atomic mass is 9.42. The van der Waals surface area contributed by atoms with Crippen molar-refractivity contribution in [2.75, 3.05) is 52.5 Å². The summed E-state index contributed by atoms with van der Waals surface area (Å²) < 4.78 is 39.6. The molecule has 3 heterocycles. The van der Waals surface area contributed by atoms with Gasteiger partial charge in [-0.1, -0.05) is 5.16 Å². The van der Waals surface area contributed by atoms with Gasteiger partial charge in [0.05, 0.1) is 18.0 Å². The largest absolute Gasteiger partial charge is 0.379 e. The second-order valence-corrected chi connectivity index (χ2v) is 14.9. The van der Waals surface area contributed by atoms with Gasteiger partial charge in [-0.15, -0.1) is 0 Å². The second-order valence-electron chi connectivity index (χ2n) is 12.6. The number of carbonyl (C=O) groups is 1. The number of morpholine rings is 1. The van der Waals surface area contributed by atoms with Gasteiger partial charge < -0.3 is 19.9 Å². The van der Waals surface area contributed by atoms with Crippen LogP contribution in [0.25, 0.3) is 0 Å². The van der Waals surface area contributed by atoms with Crippen molar-refractivity contribution in [2.24, 2.45) is 17.8 Å². The average molecular weight is 548 g/mol. The lowest BCUT2D eigenvalue weighted by Gasteiger charge is -2.70. The van der Waals surface area contributed by atoms with E-state index in [4.69, 9.17) is 9.26 Å². The maximum absolute atomic E-state index is 13.8. The van der Waals surface area contributed by atoms with Gasteiger partial charge in [0.15, 0.2) is 5.69 Å². The maximum atomic E-state index is 13.8. The van der Waals surface area contributed by atoms with Crippen LogP contribution in [0.5, 0.6) is 0 Å². The first-order valence-electron chi connectivity index (χ1n) is 14.7. The normalized spacial score (nSPS) is 36.2. The van der Waals surface area contributed by atoms with Crippen molar-refractivity contribution in [3.63, 3.8) is 0 Å². The van der Waals surface area contributed by atoms with Gasteiger partial charge in [-0.2, -0.15) is 0 Å². The lowest BCUT2D eigenvalue weighted by Crippen LogP contribution is -2.75. The number of amides is 1. The number of sulfonamides is 1. The molecule has 7 rings (SSSR count). The number of hydrogen-bond acceptors (Lipinski definition) is 8. The number of aromatic nitrogens is 1. The Morgan fingerprint density at radius 3 is 2.42 bits per heavy atom. The van der Waals surface area contributed by atoms with E-state index in [0.29, 0.717) is 42.6 Å². The molecule has 0 spiro atoms. The van der Waals surface area contributed by atoms with Crippen LogP contribution in [-0.2, 0) is 14.8 Å². The van der Waals surface area contributed by atoms with Gasteiger partial charge in [0.25, 0.3) is 5.91 Å². The topological polar surface area (TPSA) is 117 Å². The maximum Gasteiger partial charge on any atom is 0.273 e.